The van der Waals surface area contributed by atoms with Crippen LogP contribution in [-0.2, 0) is 13.0 Å². The molecule has 0 fully saturated rings. The molecule has 3 aromatic rings. The van der Waals surface area contributed by atoms with Crippen molar-refractivity contribution in [3.05, 3.63) is 30.5 Å². The molecule has 0 spiro atoms. The van der Waals surface area contributed by atoms with E-state index >= 15 is 0 Å². The Labute approximate surface area is 128 Å². The number of H-pyrrole nitrogens is 1. The third-order valence-corrected chi connectivity index (χ3v) is 3.76. The van der Waals surface area contributed by atoms with Crippen molar-refractivity contribution in [2.24, 2.45) is 0 Å². The van der Waals surface area contributed by atoms with Gasteiger partial charge in [-0.2, -0.15) is 0 Å². The Hall–Kier alpha value is -2.87. The molecule has 4 N–H and O–H groups in total. The number of allylic oxidation sites excluding steroid dienone is 1. The molecule has 22 heavy (non-hydrogen) atoms. The van der Waals surface area contributed by atoms with E-state index in [2.05, 4.69) is 28.5 Å². The molecular weight excluding hydrogens is 276 g/mol. The third kappa shape index (κ3) is 2.09. The van der Waals surface area contributed by atoms with E-state index in [-0.39, 0.29) is 5.75 Å². The van der Waals surface area contributed by atoms with Gasteiger partial charge in [-0.1, -0.05) is 6.08 Å². The number of rotatable bonds is 4. The van der Waals surface area contributed by atoms with Gasteiger partial charge in [0.05, 0.1) is 28.5 Å². The summed E-state index contributed by atoms with van der Waals surface area (Å²) in [5.41, 5.74) is 9.07. The second kappa shape index (κ2) is 5.49. The van der Waals surface area contributed by atoms with Crippen LogP contribution >= 0.6 is 0 Å². The number of aromatic hydroxyl groups is 1. The standard InChI is InChI=1S/C17H18N4O/c1-3-5-6-8-21-17-12(10-19-21)15(18)14-13(20-17)9-11(7-4-2)16(14)22/h4,9-10,19,22H,2,6-8,18H2,1H3. The maximum atomic E-state index is 10.3. The molecule has 2 aromatic heterocycles. The Morgan fingerprint density at radius 2 is 2.36 bits per heavy atom. The number of nitrogen functional groups attached to an aromatic ring is 1. The minimum Gasteiger partial charge on any atom is -0.507 e. The quantitative estimate of drug-likeness (QED) is 0.511. The van der Waals surface area contributed by atoms with E-state index in [0.717, 1.165) is 23.0 Å². The van der Waals surface area contributed by atoms with E-state index in [9.17, 15) is 5.11 Å². The molecule has 1 aromatic carbocycles. The molecule has 0 aliphatic carbocycles. The van der Waals surface area contributed by atoms with E-state index in [1.54, 1.807) is 6.08 Å². The number of nitrogens with one attached hydrogen (secondary N) is 1. The first-order valence-corrected chi connectivity index (χ1v) is 7.15. The molecule has 3 rings (SSSR count). The van der Waals surface area contributed by atoms with Crippen molar-refractivity contribution in [3.63, 3.8) is 0 Å². The highest BCUT2D eigenvalue weighted by molar-refractivity contribution is 6.09. The number of aromatic amines is 1. The molecule has 0 bridgehead atoms. The fourth-order valence-corrected chi connectivity index (χ4v) is 2.70. The summed E-state index contributed by atoms with van der Waals surface area (Å²) in [6.45, 7) is 6.25. The topological polar surface area (TPSA) is 79.9 Å². The summed E-state index contributed by atoms with van der Waals surface area (Å²) in [4.78, 5) is 4.65. The summed E-state index contributed by atoms with van der Waals surface area (Å²) in [6.07, 6.45) is 4.89. The van der Waals surface area contributed by atoms with Crippen LogP contribution in [0.4, 0.5) is 5.69 Å². The van der Waals surface area contributed by atoms with Crippen molar-refractivity contribution >= 4 is 27.6 Å². The van der Waals surface area contributed by atoms with Gasteiger partial charge in [-0.15, -0.1) is 18.4 Å². The van der Waals surface area contributed by atoms with E-state index in [1.165, 1.54) is 0 Å². The fourth-order valence-electron chi connectivity index (χ4n) is 2.70. The summed E-state index contributed by atoms with van der Waals surface area (Å²) in [6, 6.07) is 1.87. The van der Waals surface area contributed by atoms with Crippen LogP contribution in [0.2, 0.25) is 0 Å². The SMILES string of the molecule is C=CCc1cc2nc3c(c[nH]n3CCC#CC)c(N)c2c1O. The van der Waals surface area contributed by atoms with Crippen LogP contribution in [0.15, 0.2) is 24.9 Å². The minimum atomic E-state index is 0.200. The van der Waals surface area contributed by atoms with Gasteiger partial charge in [0, 0.05) is 18.2 Å². The molecule has 5 heteroatoms. The minimum absolute atomic E-state index is 0.200. The zero-order chi connectivity index (χ0) is 15.7. The normalized spacial score (nSPS) is 10.8. The second-order valence-corrected chi connectivity index (χ2v) is 5.14. The number of hydrogen-bond acceptors (Lipinski definition) is 3. The predicted octanol–water partition coefficient (Wildman–Crippen LogP) is 2.95. The summed E-state index contributed by atoms with van der Waals surface area (Å²) in [5, 5.41) is 14.9. The molecule has 0 aliphatic heterocycles. The Bertz CT molecular complexity index is 921. The molecule has 5 nitrogen and oxygen atoms in total. The van der Waals surface area contributed by atoms with E-state index < -0.39 is 0 Å². The molecule has 0 saturated heterocycles. The number of aromatic nitrogens is 3. The molecule has 0 unspecified atom stereocenters. The van der Waals surface area contributed by atoms with Crippen LogP contribution in [0.25, 0.3) is 21.9 Å². The van der Waals surface area contributed by atoms with Crippen molar-refractivity contribution in [1.29, 1.82) is 0 Å². The van der Waals surface area contributed by atoms with Crippen molar-refractivity contribution in [2.45, 2.75) is 26.3 Å². The van der Waals surface area contributed by atoms with Gasteiger partial charge in [0.1, 0.15) is 5.75 Å². The lowest BCUT2D eigenvalue weighted by Gasteiger charge is -2.04. The average Bonchev–Trinajstić information content (AvgIpc) is 3.03. The highest BCUT2D eigenvalue weighted by Gasteiger charge is 2.17. The first-order chi connectivity index (χ1) is 10.7. The van der Waals surface area contributed by atoms with Crippen LogP contribution < -0.4 is 5.73 Å². The number of nitrogens with zero attached hydrogens (tertiary/aromatic N) is 2. The van der Waals surface area contributed by atoms with Gasteiger partial charge < -0.3 is 15.9 Å². The lowest BCUT2D eigenvalue weighted by atomic mass is 10.2. The third-order valence-electron chi connectivity index (χ3n) is 3.76. The van der Waals surface area contributed by atoms with Gasteiger partial charge in [-0.05, 0) is 19.4 Å². The Kier molecular flexibility index (Phi) is 3.51. The van der Waals surface area contributed by atoms with Gasteiger partial charge >= 0.3 is 0 Å². The van der Waals surface area contributed by atoms with Crippen LogP contribution in [0.5, 0.6) is 5.75 Å². The van der Waals surface area contributed by atoms with E-state index in [4.69, 9.17) is 5.73 Å². The average molecular weight is 294 g/mol. The number of pyridine rings is 1. The molecule has 0 amide bonds. The van der Waals surface area contributed by atoms with Crippen LogP contribution in [-0.4, -0.2) is 19.9 Å². The van der Waals surface area contributed by atoms with E-state index in [1.807, 2.05) is 23.9 Å². The second-order valence-electron chi connectivity index (χ2n) is 5.14. The Morgan fingerprint density at radius 3 is 3.09 bits per heavy atom. The zero-order valence-electron chi connectivity index (χ0n) is 12.5. The van der Waals surface area contributed by atoms with Crippen molar-refractivity contribution in [1.82, 2.24) is 14.8 Å². The molecule has 0 saturated carbocycles. The van der Waals surface area contributed by atoms with Gasteiger partial charge in [0.25, 0.3) is 0 Å². The lowest BCUT2D eigenvalue weighted by molar-refractivity contribution is 0.478. The molecular formula is C17H18N4O. The van der Waals surface area contributed by atoms with Crippen LogP contribution in [0.3, 0.4) is 0 Å². The van der Waals surface area contributed by atoms with Crippen LogP contribution in [0, 0.1) is 11.8 Å². The van der Waals surface area contributed by atoms with Crippen molar-refractivity contribution in [2.75, 3.05) is 5.73 Å². The highest BCUT2D eigenvalue weighted by Crippen LogP contribution is 2.38. The molecule has 0 atom stereocenters. The number of fused-ring (bicyclic) bond motifs is 2. The largest absolute Gasteiger partial charge is 0.507 e. The van der Waals surface area contributed by atoms with Crippen molar-refractivity contribution < 1.29 is 5.11 Å². The summed E-state index contributed by atoms with van der Waals surface area (Å²) in [7, 11) is 0. The Morgan fingerprint density at radius 1 is 1.55 bits per heavy atom. The van der Waals surface area contributed by atoms with Crippen molar-refractivity contribution in [3.8, 4) is 17.6 Å². The smallest absolute Gasteiger partial charge is 0.158 e. The van der Waals surface area contributed by atoms with E-state index in [0.29, 0.717) is 29.6 Å². The molecule has 112 valence electrons. The van der Waals surface area contributed by atoms with Gasteiger partial charge in [0.2, 0.25) is 0 Å². The highest BCUT2D eigenvalue weighted by atomic mass is 16.3. The first-order valence-electron chi connectivity index (χ1n) is 7.15. The lowest BCUT2D eigenvalue weighted by Crippen LogP contribution is -2.01. The summed E-state index contributed by atoms with van der Waals surface area (Å²) < 4.78 is 1.92. The maximum Gasteiger partial charge on any atom is 0.158 e. The summed E-state index contributed by atoms with van der Waals surface area (Å²) >= 11 is 0. The van der Waals surface area contributed by atoms with Gasteiger partial charge in [-0.3, -0.25) is 4.68 Å². The number of anilines is 1. The molecule has 2 heterocycles. The fraction of sp³-hybridized carbons (Fsp3) is 0.235. The molecule has 0 aliphatic rings. The van der Waals surface area contributed by atoms with Crippen LogP contribution in [0.1, 0.15) is 18.9 Å². The van der Waals surface area contributed by atoms with Gasteiger partial charge in [0.15, 0.2) is 5.65 Å². The predicted molar refractivity (Wildman–Crippen MR) is 89.6 cm³/mol. The summed E-state index contributed by atoms with van der Waals surface area (Å²) in [5.74, 6) is 6.11. The number of hydrogen-bond donors (Lipinski definition) is 3. The molecule has 0 radical (unpaired) electrons. The number of aryl methyl sites for hydroxylation is 1. The van der Waals surface area contributed by atoms with Gasteiger partial charge in [-0.25, -0.2) is 4.98 Å². The first kappa shape index (κ1) is 14.1. The maximum absolute atomic E-state index is 10.3. The zero-order valence-corrected chi connectivity index (χ0v) is 12.5. The monoisotopic (exact) mass is 294 g/mol. The Balaban J connectivity index is 2.19. The number of nitrogens with two attached hydrogens (primary N) is 1.